The van der Waals surface area contributed by atoms with Gasteiger partial charge in [-0.2, -0.15) is 5.10 Å². The largest absolute Gasteiger partial charge is 0.493 e. The fourth-order valence-corrected chi connectivity index (χ4v) is 3.78. The van der Waals surface area contributed by atoms with Crippen LogP contribution in [0, 0.1) is 12.8 Å². The van der Waals surface area contributed by atoms with E-state index >= 15 is 0 Å². The first kappa shape index (κ1) is 21.9. The lowest BCUT2D eigenvalue weighted by atomic mass is 10.1. The smallest absolute Gasteiger partial charge is 0.228 e. The third kappa shape index (κ3) is 4.49. The predicted molar refractivity (Wildman–Crippen MR) is 124 cm³/mol. The summed E-state index contributed by atoms with van der Waals surface area (Å²) >= 11 is 0. The summed E-state index contributed by atoms with van der Waals surface area (Å²) in [6, 6.07) is 17.6. The van der Waals surface area contributed by atoms with Crippen molar-refractivity contribution in [3.63, 3.8) is 0 Å². The summed E-state index contributed by atoms with van der Waals surface area (Å²) < 4.78 is 13.8. The van der Waals surface area contributed by atoms with Gasteiger partial charge >= 0.3 is 0 Å². The molecule has 1 aromatic heterocycles. The second kappa shape index (κ2) is 9.47. The number of carbonyl (C=O) groups excluding carboxylic acids is 1. The summed E-state index contributed by atoms with van der Waals surface area (Å²) in [5, 5.41) is 4.80. The second-order valence-electron chi connectivity index (χ2n) is 8.37. The van der Waals surface area contributed by atoms with E-state index in [1.54, 1.807) is 7.11 Å². The van der Waals surface area contributed by atoms with Crippen LogP contribution in [0.5, 0.6) is 17.4 Å². The quantitative estimate of drug-likeness (QED) is 0.446. The summed E-state index contributed by atoms with van der Waals surface area (Å²) in [7, 11) is 1.63. The summed E-state index contributed by atoms with van der Waals surface area (Å²) in [4.78, 5) is 15.1. The molecule has 0 saturated heterocycles. The molecule has 0 spiro atoms. The summed E-state index contributed by atoms with van der Waals surface area (Å²) in [6.07, 6.45) is 2.87. The van der Waals surface area contributed by atoms with Crippen LogP contribution in [0.2, 0.25) is 0 Å². The molecule has 1 aliphatic rings. The van der Waals surface area contributed by atoms with Crippen LogP contribution >= 0.6 is 0 Å². The lowest BCUT2D eigenvalue weighted by molar-refractivity contribution is -0.135. The van der Waals surface area contributed by atoms with Crippen LogP contribution in [0.4, 0.5) is 0 Å². The number of aromatic nitrogens is 2. The third-order valence-corrected chi connectivity index (χ3v) is 6.07. The minimum absolute atomic E-state index is 0.140. The molecule has 32 heavy (non-hydrogen) atoms. The highest BCUT2D eigenvalue weighted by Crippen LogP contribution is 2.38. The summed E-state index contributed by atoms with van der Waals surface area (Å²) in [6.45, 7) is 6.66. The van der Waals surface area contributed by atoms with E-state index in [1.807, 2.05) is 71.1 Å². The normalized spacial score (nSPS) is 14.1. The van der Waals surface area contributed by atoms with Gasteiger partial charge in [0.05, 0.1) is 30.6 Å². The molecule has 0 radical (unpaired) electrons. The van der Waals surface area contributed by atoms with Crippen LogP contribution in [0.1, 0.15) is 44.4 Å². The highest BCUT2D eigenvalue weighted by atomic mass is 16.5. The summed E-state index contributed by atoms with van der Waals surface area (Å²) in [5.74, 6) is 2.25. The highest BCUT2D eigenvalue weighted by molar-refractivity contribution is 5.81. The topological polar surface area (TPSA) is 56.6 Å². The molecule has 0 unspecified atom stereocenters. The Morgan fingerprint density at radius 2 is 1.78 bits per heavy atom. The number of rotatable bonds is 9. The van der Waals surface area contributed by atoms with Gasteiger partial charge in [0.25, 0.3) is 0 Å². The Hall–Kier alpha value is -3.28. The van der Waals surface area contributed by atoms with Crippen molar-refractivity contribution in [2.24, 2.45) is 5.92 Å². The van der Waals surface area contributed by atoms with E-state index in [1.165, 1.54) is 0 Å². The van der Waals surface area contributed by atoms with Crippen molar-refractivity contribution in [2.45, 2.75) is 52.6 Å². The fourth-order valence-electron chi connectivity index (χ4n) is 3.78. The molecule has 1 amide bonds. The van der Waals surface area contributed by atoms with Crippen molar-refractivity contribution >= 4 is 5.91 Å². The number of aryl methyl sites for hydroxylation is 1. The van der Waals surface area contributed by atoms with Crippen molar-refractivity contribution < 1.29 is 14.3 Å². The van der Waals surface area contributed by atoms with Gasteiger partial charge in [0.2, 0.25) is 11.8 Å². The third-order valence-electron chi connectivity index (χ3n) is 6.07. The molecule has 3 aromatic rings. The molecule has 0 bridgehead atoms. The van der Waals surface area contributed by atoms with Gasteiger partial charge in [-0.05, 0) is 57.4 Å². The van der Waals surface area contributed by atoms with Crippen molar-refractivity contribution in [3.05, 3.63) is 65.9 Å². The molecule has 1 saturated carbocycles. The Morgan fingerprint density at radius 1 is 1.12 bits per heavy atom. The molecule has 6 nitrogen and oxygen atoms in total. The SMILES string of the molecule is CC[C@H](C)N(Cc1c(C)nn(-c2ccccc2)c1Oc1ccccc1OC)C(=O)C1CC1. The highest BCUT2D eigenvalue weighted by Gasteiger charge is 2.36. The fraction of sp³-hybridized carbons (Fsp3) is 0.385. The van der Waals surface area contributed by atoms with E-state index in [2.05, 4.69) is 13.8 Å². The standard InChI is InChI=1S/C26H31N3O3/c1-5-18(2)28(25(30)20-15-16-20)17-22-19(3)27-29(21-11-7-6-8-12-21)26(22)32-24-14-10-9-13-23(24)31-4/h6-14,18,20H,5,15-17H2,1-4H3/t18-/m0/s1. The average Bonchev–Trinajstić information content (AvgIpc) is 3.63. The molecule has 1 fully saturated rings. The minimum Gasteiger partial charge on any atom is -0.493 e. The molecule has 0 N–H and O–H groups in total. The lowest BCUT2D eigenvalue weighted by Crippen LogP contribution is -2.38. The van der Waals surface area contributed by atoms with Crippen LogP contribution in [-0.2, 0) is 11.3 Å². The molecule has 1 aliphatic carbocycles. The number of carbonyl (C=O) groups is 1. The van der Waals surface area contributed by atoms with Gasteiger partial charge in [0.15, 0.2) is 11.5 Å². The number of hydrogen-bond donors (Lipinski definition) is 0. The molecule has 2 aromatic carbocycles. The number of benzene rings is 2. The van der Waals surface area contributed by atoms with Crippen molar-refractivity contribution in [1.82, 2.24) is 14.7 Å². The molecule has 168 valence electrons. The van der Waals surface area contributed by atoms with Gasteiger partial charge in [-0.3, -0.25) is 4.79 Å². The van der Waals surface area contributed by atoms with Gasteiger partial charge in [-0.1, -0.05) is 37.3 Å². The van der Waals surface area contributed by atoms with E-state index in [-0.39, 0.29) is 17.9 Å². The van der Waals surface area contributed by atoms with Crippen molar-refractivity contribution in [2.75, 3.05) is 7.11 Å². The molecule has 6 heteroatoms. The first-order valence-electron chi connectivity index (χ1n) is 11.3. The van der Waals surface area contributed by atoms with Crippen LogP contribution in [-0.4, -0.2) is 33.7 Å². The first-order chi connectivity index (χ1) is 15.5. The maximum Gasteiger partial charge on any atom is 0.228 e. The van der Waals surface area contributed by atoms with Gasteiger partial charge < -0.3 is 14.4 Å². The zero-order valence-corrected chi connectivity index (χ0v) is 19.2. The molecule has 0 aliphatic heterocycles. The van der Waals surface area contributed by atoms with Crippen LogP contribution in [0.3, 0.4) is 0 Å². The Kier molecular flexibility index (Phi) is 6.49. The number of amides is 1. The van der Waals surface area contributed by atoms with E-state index in [9.17, 15) is 4.79 Å². The van der Waals surface area contributed by atoms with Gasteiger partial charge in [0.1, 0.15) is 0 Å². The van der Waals surface area contributed by atoms with Gasteiger partial charge in [-0.15, -0.1) is 0 Å². The molecule has 1 heterocycles. The average molecular weight is 434 g/mol. The predicted octanol–water partition coefficient (Wildman–Crippen LogP) is 5.52. The summed E-state index contributed by atoms with van der Waals surface area (Å²) in [5.41, 5.74) is 2.65. The number of nitrogens with zero attached hydrogens (tertiary/aromatic N) is 3. The van der Waals surface area contributed by atoms with Gasteiger partial charge in [0, 0.05) is 12.0 Å². The maximum atomic E-state index is 13.1. The van der Waals surface area contributed by atoms with E-state index in [0.29, 0.717) is 23.9 Å². The number of methoxy groups -OCH3 is 1. The number of para-hydroxylation sites is 3. The van der Waals surface area contributed by atoms with Gasteiger partial charge in [-0.25, -0.2) is 4.68 Å². The van der Waals surface area contributed by atoms with Crippen LogP contribution in [0.15, 0.2) is 54.6 Å². The molecular weight excluding hydrogens is 402 g/mol. The Morgan fingerprint density at radius 3 is 2.41 bits per heavy atom. The zero-order valence-electron chi connectivity index (χ0n) is 19.2. The number of ether oxygens (including phenoxy) is 2. The minimum atomic E-state index is 0.140. The van der Waals surface area contributed by atoms with E-state index in [4.69, 9.17) is 14.6 Å². The van der Waals surface area contributed by atoms with E-state index in [0.717, 1.165) is 36.2 Å². The zero-order chi connectivity index (χ0) is 22.7. The van der Waals surface area contributed by atoms with Crippen molar-refractivity contribution in [3.8, 4) is 23.1 Å². The van der Waals surface area contributed by atoms with E-state index < -0.39 is 0 Å². The van der Waals surface area contributed by atoms with Crippen LogP contribution < -0.4 is 9.47 Å². The first-order valence-corrected chi connectivity index (χ1v) is 11.3. The Balaban J connectivity index is 1.79. The Labute approximate surface area is 189 Å². The Bertz CT molecular complexity index is 1070. The molecule has 1 atom stereocenters. The monoisotopic (exact) mass is 433 g/mol. The van der Waals surface area contributed by atoms with Crippen LogP contribution in [0.25, 0.3) is 5.69 Å². The maximum absolute atomic E-state index is 13.1. The lowest BCUT2D eigenvalue weighted by Gasteiger charge is -2.29. The second-order valence-corrected chi connectivity index (χ2v) is 8.37. The number of hydrogen-bond acceptors (Lipinski definition) is 4. The molecular formula is C26H31N3O3. The van der Waals surface area contributed by atoms with Crippen molar-refractivity contribution in [1.29, 1.82) is 0 Å². The molecule has 4 rings (SSSR count).